The van der Waals surface area contributed by atoms with E-state index in [1.54, 1.807) is 25.1 Å². The Morgan fingerprint density at radius 3 is 2.57 bits per heavy atom. The van der Waals surface area contributed by atoms with Gasteiger partial charge >= 0.3 is 0 Å². The van der Waals surface area contributed by atoms with Gasteiger partial charge in [-0.25, -0.2) is 4.68 Å². The predicted octanol–water partition coefficient (Wildman–Crippen LogP) is 3.49. The van der Waals surface area contributed by atoms with Crippen molar-refractivity contribution in [3.8, 4) is 5.75 Å². The highest BCUT2D eigenvalue weighted by molar-refractivity contribution is 6.04. The van der Waals surface area contributed by atoms with Gasteiger partial charge in [0.15, 0.2) is 5.69 Å². The maximum Gasteiger partial charge on any atom is 0.278 e. The minimum atomic E-state index is -0.416. The number of rotatable bonds is 7. The zero-order valence-corrected chi connectivity index (χ0v) is 17.5. The lowest BCUT2D eigenvalue weighted by molar-refractivity contribution is -0.117. The van der Waals surface area contributed by atoms with Crippen molar-refractivity contribution in [1.29, 1.82) is 0 Å². The van der Waals surface area contributed by atoms with Crippen LogP contribution in [0.2, 0.25) is 0 Å². The fourth-order valence-electron chi connectivity index (χ4n) is 2.95. The molecule has 2 aromatic carbocycles. The van der Waals surface area contributed by atoms with Gasteiger partial charge in [0.1, 0.15) is 12.3 Å². The summed E-state index contributed by atoms with van der Waals surface area (Å²) in [6, 6.07) is 13.0. The molecule has 1 aromatic heterocycles. The number of hydrogen-bond donors (Lipinski definition) is 2. The number of nitrogens with one attached hydrogen (secondary N) is 2. The summed E-state index contributed by atoms with van der Waals surface area (Å²) in [5.41, 5.74) is 3.98. The Morgan fingerprint density at radius 2 is 1.80 bits per heavy atom. The molecule has 0 fully saturated rings. The van der Waals surface area contributed by atoms with Gasteiger partial charge in [-0.15, -0.1) is 5.10 Å². The molecule has 0 aliphatic rings. The molecule has 30 heavy (non-hydrogen) atoms. The molecule has 0 saturated heterocycles. The topological polar surface area (TPSA) is 98.1 Å². The van der Waals surface area contributed by atoms with E-state index in [2.05, 4.69) is 20.9 Å². The smallest absolute Gasteiger partial charge is 0.278 e. The van der Waals surface area contributed by atoms with Crippen molar-refractivity contribution in [2.24, 2.45) is 0 Å². The molecule has 0 spiro atoms. The number of aryl methyl sites for hydroxylation is 2. The quantitative estimate of drug-likeness (QED) is 0.625. The molecule has 2 N–H and O–H groups in total. The van der Waals surface area contributed by atoms with Crippen molar-refractivity contribution >= 4 is 23.2 Å². The summed E-state index contributed by atoms with van der Waals surface area (Å²) in [4.78, 5) is 25.1. The van der Waals surface area contributed by atoms with Crippen molar-refractivity contribution in [3.05, 3.63) is 65.0 Å². The summed E-state index contributed by atoms with van der Waals surface area (Å²) in [6.07, 6.45) is 0. The van der Waals surface area contributed by atoms with Gasteiger partial charge in [-0.2, -0.15) is 0 Å². The second-order valence-corrected chi connectivity index (χ2v) is 6.93. The van der Waals surface area contributed by atoms with Crippen LogP contribution in [0.15, 0.2) is 42.5 Å². The summed E-state index contributed by atoms with van der Waals surface area (Å²) in [6.45, 7) is 7.91. The monoisotopic (exact) mass is 407 g/mol. The number of para-hydroxylation sites is 2. The van der Waals surface area contributed by atoms with Crippen molar-refractivity contribution in [3.63, 3.8) is 0 Å². The number of nitrogens with zero attached hydrogens (tertiary/aromatic N) is 3. The lowest BCUT2D eigenvalue weighted by Gasteiger charge is -2.11. The van der Waals surface area contributed by atoms with Crippen LogP contribution in [0.3, 0.4) is 0 Å². The Bertz CT molecular complexity index is 1070. The third-order valence-electron chi connectivity index (χ3n) is 4.59. The molecule has 0 radical (unpaired) electrons. The summed E-state index contributed by atoms with van der Waals surface area (Å²) in [7, 11) is 0. The van der Waals surface area contributed by atoms with Crippen LogP contribution in [0.1, 0.15) is 34.2 Å². The van der Waals surface area contributed by atoms with Crippen molar-refractivity contribution < 1.29 is 14.3 Å². The fourth-order valence-corrected chi connectivity index (χ4v) is 2.95. The van der Waals surface area contributed by atoms with Gasteiger partial charge in [0, 0.05) is 5.69 Å². The molecule has 156 valence electrons. The highest BCUT2D eigenvalue weighted by Gasteiger charge is 2.19. The van der Waals surface area contributed by atoms with Gasteiger partial charge < -0.3 is 15.4 Å². The van der Waals surface area contributed by atoms with Crippen molar-refractivity contribution in [1.82, 2.24) is 15.0 Å². The van der Waals surface area contributed by atoms with E-state index >= 15 is 0 Å². The number of amides is 2. The SMILES string of the molecule is CCOc1ccccc1NC(=O)c1nnn(CC(=O)Nc2cc(C)ccc2C)c1C. The standard InChI is InChI=1S/C22H25N5O3/c1-5-30-19-9-7-6-8-17(19)24-22(29)21-16(4)27(26-25-21)13-20(28)23-18-12-14(2)10-11-15(18)3/h6-12H,5,13H2,1-4H3,(H,23,28)(H,24,29). The zero-order chi connectivity index (χ0) is 21.7. The number of aromatic nitrogens is 3. The second kappa shape index (κ2) is 9.21. The minimum Gasteiger partial charge on any atom is -0.492 e. The summed E-state index contributed by atoms with van der Waals surface area (Å²) in [5.74, 6) is -0.0857. The molecule has 0 saturated carbocycles. The number of carbonyl (C=O) groups is 2. The lowest BCUT2D eigenvalue weighted by Crippen LogP contribution is -2.21. The maximum absolute atomic E-state index is 12.7. The van der Waals surface area contributed by atoms with Crippen LogP contribution in [0.25, 0.3) is 0 Å². The summed E-state index contributed by atoms with van der Waals surface area (Å²) < 4.78 is 6.93. The summed E-state index contributed by atoms with van der Waals surface area (Å²) in [5, 5.41) is 13.6. The van der Waals surface area contributed by atoms with Crippen LogP contribution in [0.5, 0.6) is 5.75 Å². The van der Waals surface area contributed by atoms with E-state index in [-0.39, 0.29) is 18.1 Å². The molecule has 0 bridgehead atoms. The molecule has 2 amide bonds. The molecule has 0 aliphatic carbocycles. The Balaban J connectivity index is 1.70. The van der Waals surface area contributed by atoms with Gasteiger partial charge in [0.05, 0.1) is 18.0 Å². The molecular weight excluding hydrogens is 382 g/mol. The van der Waals surface area contributed by atoms with Crippen LogP contribution in [-0.4, -0.2) is 33.4 Å². The first-order chi connectivity index (χ1) is 14.4. The van der Waals surface area contributed by atoms with Crippen LogP contribution < -0.4 is 15.4 Å². The third-order valence-corrected chi connectivity index (χ3v) is 4.59. The average molecular weight is 407 g/mol. The molecule has 0 unspecified atom stereocenters. The van der Waals surface area contributed by atoms with Crippen molar-refractivity contribution in [2.75, 3.05) is 17.2 Å². The number of hydrogen-bond acceptors (Lipinski definition) is 5. The first kappa shape index (κ1) is 21.0. The molecule has 0 aliphatic heterocycles. The van der Waals surface area contributed by atoms with E-state index in [1.807, 2.05) is 45.0 Å². The first-order valence-corrected chi connectivity index (χ1v) is 9.69. The molecule has 1 heterocycles. The summed E-state index contributed by atoms with van der Waals surface area (Å²) >= 11 is 0. The van der Waals surface area contributed by atoms with Gasteiger partial charge in [0.25, 0.3) is 5.91 Å². The zero-order valence-electron chi connectivity index (χ0n) is 17.5. The van der Waals surface area contributed by atoms with E-state index in [9.17, 15) is 9.59 Å². The number of carbonyl (C=O) groups excluding carboxylic acids is 2. The number of anilines is 2. The van der Waals surface area contributed by atoms with E-state index in [4.69, 9.17) is 4.74 Å². The molecule has 8 heteroatoms. The highest BCUT2D eigenvalue weighted by Crippen LogP contribution is 2.24. The molecule has 3 rings (SSSR count). The Morgan fingerprint density at radius 1 is 1.03 bits per heavy atom. The second-order valence-electron chi connectivity index (χ2n) is 6.93. The van der Waals surface area contributed by atoms with E-state index in [0.717, 1.165) is 16.8 Å². The molecule has 0 atom stereocenters. The maximum atomic E-state index is 12.7. The largest absolute Gasteiger partial charge is 0.492 e. The predicted molar refractivity (Wildman–Crippen MR) is 115 cm³/mol. The number of ether oxygens (including phenoxy) is 1. The highest BCUT2D eigenvalue weighted by atomic mass is 16.5. The van der Waals surface area contributed by atoms with E-state index in [0.29, 0.717) is 23.7 Å². The van der Waals surface area contributed by atoms with Gasteiger partial charge in [0.2, 0.25) is 5.91 Å². The minimum absolute atomic E-state index is 0.0466. The average Bonchev–Trinajstić information content (AvgIpc) is 3.06. The molecular formula is C22H25N5O3. The normalized spacial score (nSPS) is 10.5. The van der Waals surface area contributed by atoms with Crippen LogP contribution in [0.4, 0.5) is 11.4 Å². The third kappa shape index (κ3) is 4.83. The Kier molecular flexibility index (Phi) is 6.46. The number of benzene rings is 2. The van der Waals surface area contributed by atoms with Crippen LogP contribution >= 0.6 is 0 Å². The van der Waals surface area contributed by atoms with Gasteiger partial charge in [-0.3, -0.25) is 9.59 Å². The fraction of sp³-hybridized carbons (Fsp3) is 0.273. The van der Waals surface area contributed by atoms with E-state index < -0.39 is 5.91 Å². The van der Waals surface area contributed by atoms with Gasteiger partial charge in [-0.1, -0.05) is 29.5 Å². The van der Waals surface area contributed by atoms with Crippen LogP contribution in [0, 0.1) is 20.8 Å². The van der Waals surface area contributed by atoms with E-state index in [1.165, 1.54) is 4.68 Å². The van der Waals surface area contributed by atoms with Crippen LogP contribution in [-0.2, 0) is 11.3 Å². The van der Waals surface area contributed by atoms with Gasteiger partial charge in [-0.05, 0) is 57.0 Å². The first-order valence-electron chi connectivity index (χ1n) is 9.69. The molecule has 3 aromatic rings. The lowest BCUT2D eigenvalue weighted by atomic mass is 10.1. The van der Waals surface area contributed by atoms with Crippen molar-refractivity contribution in [2.45, 2.75) is 34.2 Å². The molecule has 8 nitrogen and oxygen atoms in total. The Hall–Kier alpha value is -3.68. The Labute approximate surface area is 175 Å².